The normalized spacial score (nSPS) is 10.6. The maximum atomic E-state index is 5.54. The number of hydrogen-bond acceptors (Lipinski definition) is 3. The molecule has 2 rings (SSSR count). The van der Waals surface area contributed by atoms with Crippen LogP contribution in [0.2, 0.25) is 0 Å². The zero-order valence-electron chi connectivity index (χ0n) is 10.9. The molecule has 18 heavy (non-hydrogen) atoms. The number of methoxy groups -OCH3 is 1. The van der Waals surface area contributed by atoms with Crippen molar-refractivity contribution in [2.75, 3.05) is 13.7 Å². The zero-order chi connectivity index (χ0) is 13.0. The molecule has 0 radical (unpaired) electrons. The van der Waals surface area contributed by atoms with Gasteiger partial charge in [-0.15, -0.1) is 0 Å². The number of aromatic nitrogens is 2. The van der Waals surface area contributed by atoms with Crippen molar-refractivity contribution < 1.29 is 4.74 Å². The van der Waals surface area contributed by atoms with Gasteiger partial charge in [0, 0.05) is 5.69 Å². The lowest BCUT2D eigenvalue weighted by Gasteiger charge is -2.10. The molecule has 0 atom stereocenters. The van der Waals surface area contributed by atoms with Gasteiger partial charge in [-0.3, -0.25) is 0 Å². The van der Waals surface area contributed by atoms with E-state index in [0.29, 0.717) is 6.54 Å². The Balaban J connectivity index is 2.36. The molecule has 0 saturated carbocycles. The second-order valence-corrected chi connectivity index (χ2v) is 4.23. The zero-order valence-corrected chi connectivity index (χ0v) is 10.9. The van der Waals surface area contributed by atoms with Crippen LogP contribution in [0.15, 0.2) is 30.5 Å². The summed E-state index contributed by atoms with van der Waals surface area (Å²) in [7, 11) is 1.67. The van der Waals surface area contributed by atoms with Crippen molar-refractivity contribution in [3.63, 3.8) is 0 Å². The summed E-state index contributed by atoms with van der Waals surface area (Å²) in [5.41, 5.74) is 8.90. The Hall–Kier alpha value is -1.81. The van der Waals surface area contributed by atoms with E-state index < -0.39 is 0 Å². The summed E-state index contributed by atoms with van der Waals surface area (Å²) < 4.78 is 7.29. The van der Waals surface area contributed by atoms with E-state index in [4.69, 9.17) is 10.5 Å². The molecule has 2 N–H and O–H groups in total. The molecular weight excluding hydrogens is 226 g/mol. The maximum Gasteiger partial charge on any atom is 0.144 e. The summed E-state index contributed by atoms with van der Waals surface area (Å²) in [5, 5.41) is 4.44. The predicted octanol–water partition coefficient (Wildman–Crippen LogP) is 2.08. The summed E-state index contributed by atoms with van der Waals surface area (Å²) in [6, 6.07) is 7.89. The van der Waals surface area contributed by atoms with E-state index in [2.05, 4.69) is 12.0 Å². The maximum absolute atomic E-state index is 5.54. The largest absolute Gasteiger partial charge is 0.494 e. The number of nitrogens with zero attached hydrogens (tertiary/aromatic N) is 2. The highest BCUT2D eigenvalue weighted by atomic mass is 16.5. The van der Waals surface area contributed by atoms with Gasteiger partial charge < -0.3 is 10.5 Å². The Kier molecular flexibility index (Phi) is 3.99. The fraction of sp³-hybridized carbons (Fsp3) is 0.357. The summed E-state index contributed by atoms with van der Waals surface area (Å²) in [5.74, 6) is 0.828. The Morgan fingerprint density at radius 1 is 1.33 bits per heavy atom. The standard InChI is InChI=1S/C14H19N3O/c1-11-12(6-5-9-15)10-16-17(11)13-7-3-4-8-14(13)18-2/h3-4,7-8,10H,5-6,9,15H2,1-2H3. The van der Waals surface area contributed by atoms with Gasteiger partial charge in [0.1, 0.15) is 11.4 Å². The fourth-order valence-electron chi connectivity index (χ4n) is 2.03. The average Bonchev–Trinajstić information content (AvgIpc) is 2.77. The van der Waals surface area contributed by atoms with Crippen LogP contribution in [0.25, 0.3) is 5.69 Å². The van der Waals surface area contributed by atoms with Crippen molar-refractivity contribution in [1.82, 2.24) is 9.78 Å². The van der Waals surface area contributed by atoms with Crippen molar-refractivity contribution in [2.45, 2.75) is 19.8 Å². The minimum absolute atomic E-state index is 0.708. The molecule has 2 aromatic rings. The van der Waals surface area contributed by atoms with Crippen LogP contribution < -0.4 is 10.5 Å². The molecule has 0 aliphatic rings. The molecule has 0 aliphatic carbocycles. The second-order valence-electron chi connectivity index (χ2n) is 4.23. The van der Waals surface area contributed by atoms with Gasteiger partial charge in [0.05, 0.1) is 13.3 Å². The molecule has 1 aromatic heterocycles. The van der Waals surface area contributed by atoms with Gasteiger partial charge >= 0.3 is 0 Å². The summed E-state index contributed by atoms with van der Waals surface area (Å²) in [4.78, 5) is 0. The summed E-state index contributed by atoms with van der Waals surface area (Å²) in [6.07, 6.45) is 3.87. The minimum Gasteiger partial charge on any atom is -0.494 e. The molecule has 0 fully saturated rings. The smallest absolute Gasteiger partial charge is 0.144 e. The van der Waals surface area contributed by atoms with Crippen molar-refractivity contribution in [1.29, 1.82) is 0 Å². The van der Waals surface area contributed by atoms with Crippen LogP contribution in [-0.2, 0) is 6.42 Å². The molecule has 4 heteroatoms. The first-order chi connectivity index (χ1) is 8.77. The predicted molar refractivity (Wildman–Crippen MR) is 72.2 cm³/mol. The lowest BCUT2D eigenvalue weighted by atomic mass is 10.1. The van der Waals surface area contributed by atoms with Gasteiger partial charge in [-0.25, -0.2) is 4.68 Å². The first-order valence-corrected chi connectivity index (χ1v) is 6.15. The van der Waals surface area contributed by atoms with E-state index >= 15 is 0 Å². The molecule has 96 valence electrons. The number of benzene rings is 1. The average molecular weight is 245 g/mol. The van der Waals surface area contributed by atoms with Crippen LogP contribution in [-0.4, -0.2) is 23.4 Å². The molecule has 0 amide bonds. The van der Waals surface area contributed by atoms with Gasteiger partial charge in [-0.05, 0) is 44.0 Å². The number of hydrogen-bond donors (Lipinski definition) is 1. The Morgan fingerprint density at radius 3 is 2.83 bits per heavy atom. The van der Waals surface area contributed by atoms with Gasteiger partial charge in [0.15, 0.2) is 0 Å². The topological polar surface area (TPSA) is 53.1 Å². The monoisotopic (exact) mass is 245 g/mol. The number of aryl methyl sites for hydroxylation is 1. The molecule has 0 spiro atoms. The highest BCUT2D eigenvalue weighted by Gasteiger charge is 2.10. The van der Waals surface area contributed by atoms with Gasteiger partial charge in [-0.1, -0.05) is 12.1 Å². The number of para-hydroxylation sites is 2. The van der Waals surface area contributed by atoms with Crippen LogP contribution in [0.3, 0.4) is 0 Å². The van der Waals surface area contributed by atoms with Crippen molar-refractivity contribution in [3.05, 3.63) is 41.7 Å². The van der Waals surface area contributed by atoms with Crippen LogP contribution in [0, 0.1) is 6.92 Å². The van der Waals surface area contributed by atoms with Crippen LogP contribution in [0.1, 0.15) is 17.7 Å². The molecule has 0 saturated heterocycles. The molecule has 0 bridgehead atoms. The lowest BCUT2D eigenvalue weighted by Crippen LogP contribution is -2.03. The van der Waals surface area contributed by atoms with Gasteiger partial charge in [0.2, 0.25) is 0 Å². The summed E-state index contributed by atoms with van der Waals surface area (Å²) in [6.45, 7) is 2.78. The Labute approximate surface area is 107 Å². The highest BCUT2D eigenvalue weighted by molar-refractivity contribution is 5.47. The van der Waals surface area contributed by atoms with E-state index in [9.17, 15) is 0 Å². The van der Waals surface area contributed by atoms with E-state index in [-0.39, 0.29) is 0 Å². The molecule has 0 aliphatic heterocycles. The van der Waals surface area contributed by atoms with Crippen molar-refractivity contribution in [2.24, 2.45) is 5.73 Å². The number of rotatable bonds is 5. The van der Waals surface area contributed by atoms with Gasteiger partial charge in [0.25, 0.3) is 0 Å². The highest BCUT2D eigenvalue weighted by Crippen LogP contribution is 2.24. The van der Waals surface area contributed by atoms with Crippen LogP contribution in [0.5, 0.6) is 5.75 Å². The van der Waals surface area contributed by atoms with E-state index in [1.165, 1.54) is 5.56 Å². The third-order valence-corrected chi connectivity index (χ3v) is 3.08. The SMILES string of the molecule is COc1ccccc1-n1ncc(CCCN)c1C. The second kappa shape index (κ2) is 5.69. The van der Waals surface area contributed by atoms with E-state index in [1.807, 2.05) is 35.1 Å². The van der Waals surface area contributed by atoms with Crippen molar-refractivity contribution in [3.8, 4) is 11.4 Å². The van der Waals surface area contributed by atoms with Crippen molar-refractivity contribution >= 4 is 0 Å². The van der Waals surface area contributed by atoms with E-state index in [1.54, 1.807) is 7.11 Å². The van der Waals surface area contributed by atoms with Crippen LogP contribution >= 0.6 is 0 Å². The molecule has 1 aromatic carbocycles. The van der Waals surface area contributed by atoms with Crippen LogP contribution in [0.4, 0.5) is 0 Å². The first-order valence-electron chi connectivity index (χ1n) is 6.15. The first kappa shape index (κ1) is 12.6. The lowest BCUT2D eigenvalue weighted by molar-refractivity contribution is 0.411. The molecule has 4 nitrogen and oxygen atoms in total. The Morgan fingerprint density at radius 2 is 2.11 bits per heavy atom. The van der Waals surface area contributed by atoms with E-state index in [0.717, 1.165) is 30.0 Å². The molecule has 1 heterocycles. The summed E-state index contributed by atoms with van der Waals surface area (Å²) >= 11 is 0. The van der Waals surface area contributed by atoms with Gasteiger partial charge in [-0.2, -0.15) is 5.10 Å². The number of nitrogens with two attached hydrogens (primary N) is 1. The quantitative estimate of drug-likeness (QED) is 0.877. The molecular formula is C14H19N3O. The Bertz CT molecular complexity index is 520. The third-order valence-electron chi connectivity index (χ3n) is 3.08. The third kappa shape index (κ3) is 2.38. The minimum atomic E-state index is 0.708. The molecule has 0 unspecified atom stereocenters. The number of ether oxygens (including phenoxy) is 1. The fourth-order valence-corrected chi connectivity index (χ4v) is 2.03.